The molecule has 1 atom stereocenters. The molecule has 2 rings (SSSR count). The van der Waals surface area contributed by atoms with Gasteiger partial charge in [0.2, 0.25) is 0 Å². The van der Waals surface area contributed by atoms with Gasteiger partial charge in [-0.1, -0.05) is 36.2 Å². The topological polar surface area (TPSA) is 12.0 Å². The molecule has 0 radical (unpaired) electrons. The number of halogens is 3. The summed E-state index contributed by atoms with van der Waals surface area (Å²) in [7, 11) is 0. The summed E-state index contributed by atoms with van der Waals surface area (Å²) >= 11 is 12.3. The minimum Gasteiger partial charge on any atom is -0.306 e. The fourth-order valence-corrected chi connectivity index (χ4v) is 2.66. The van der Waals surface area contributed by atoms with Crippen molar-refractivity contribution in [1.82, 2.24) is 5.32 Å². The lowest BCUT2D eigenvalue weighted by Crippen LogP contribution is -2.23. The molecule has 4 heteroatoms. The van der Waals surface area contributed by atoms with Crippen LogP contribution in [0.5, 0.6) is 0 Å². The highest BCUT2D eigenvalue weighted by atomic mass is 35.5. The van der Waals surface area contributed by atoms with E-state index in [9.17, 15) is 4.39 Å². The van der Waals surface area contributed by atoms with E-state index in [4.69, 9.17) is 23.2 Å². The minimum absolute atomic E-state index is 0.179. The van der Waals surface area contributed by atoms with Crippen LogP contribution in [0.1, 0.15) is 29.7 Å². The first kappa shape index (κ1) is 15.3. The van der Waals surface area contributed by atoms with Crippen molar-refractivity contribution in [2.75, 3.05) is 6.54 Å². The lowest BCUT2D eigenvalue weighted by molar-refractivity contribution is 0.600. The molecule has 0 aliphatic heterocycles. The molecule has 1 nitrogen and oxygen atoms in total. The van der Waals surface area contributed by atoms with Gasteiger partial charge in [0.15, 0.2) is 0 Å². The van der Waals surface area contributed by atoms with Gasteiger partial charge in [-0.25, -0.2) is 4.39 Å². The van der Waals surface area contributed by atoms with E-state index in [1.807, 2.05) is 19.9 Å². The van der Waals surface area contributed by atoms with E-state index >= 15 is 0 Å². The van der Waals surface area contributed by atoms with Crippen LogP contribution >= 0.6 is 23.2 Å². The van der Waals surface area contributed by atoms with E-state index < -0.39 is 0 Å². The van der Waals surface area contributed by atoms with E-state index in [1.54, 1.807) is 24.3 Å². The average molecular weight is 312 g/mol. The first-order valence-electron chi connectivity index (χ1n) is 6.47. The normalized spacial score (nSPS) is 12.4. The quantitative estimate of drug-likeness (QED) is 0.824. The zero-order chi connectivity index (χ0) is 14.7. The van der Waals surface area contributed by atoms with Crippen molar-refractivity contribution >= 4 is 23.2 Å². The molecule has 20 heavy (non-hydrogen) atoms. The maximum absolute atomic E-state index is 13.6. The molecule has 106 valence electrons. The van der Waals surface area contributed by atoms with Crippen LogP contribution in [0.3, 0.4) is 0 Å². The fraction of sp³-hybridized carbons (Fsp3) is 0.250. The Balaban J connectivity index is 2.55. The molecule has 0 aliphatic rings. The number of hydrogen-bond donors (Lipinski definition) is 1. The van der Waals surface area contributed by atoms with Crippen molar-refractivity contribution in [3.8, 4) is 0 Å². The standard InChI is InChI=1S/C16H16Cl2FN/c1-3-20-16(13-9-12(19)6-4-10(13)2)14-8-11(17)5-7-15(14)18/h4-9,16,20H,3H2,1-2H3. The molecule has 2 aromatic carbocycles. The van der Waals surface area contributed by atoms with Crippen LogP contribution in [0.4, 0.5) is 4.39 Å². The van der Waals surface area contributed by atoms with Crippen molar-refractivity contribution < 1.29 is 4.39 Å². The molecule has 0 fully saturated rings. The number of rotatable bonds is 4. The van der Waals surface area contributed by atoms with Crippen molar-refractivity contribution in [2.24, 2.45) is 0 Å². The Morgan fingerprint density at radius 1 is 1.10 bits per heavy atom. The van der Waals surface area contributed by atoms with E-state index in [-0.39, 0.29) is 11.9 Å². The molecule has 0 saturated carbocycles. The smallest absolute Gasteiger partial charge is 0.123 e. The molecule has 0 bridgehead atoms. The van der Waals surface area contributed by atoms with Crippen molar-refractivity contribution in [2.45, 2.75) is 19.9 Å². The molecule has 1 N–H and O–H groups in total. The Bertz CT molecular complexity index is 562. The molecule has 0 spiro atoms. The predicted octanol–water partition coefficient (Wildman–Crippen LogP) is 5.14. The molecular formula is C16H16Cl2FN. The Kier molecular flexibility index (Phi) is 5.03. The summed E-state index contributed by atoms with van der Waals surface area (Å²) in [5, 5.41) is 4.57. The summed E-state index contributed by atoms with van der Waals surface area (Å²) in [5.74, 6) is -0.258. The predicted molar refractivity (Wildman–Crippen MR) is 83.1 cm³/mol. The average Bonchev–Trinajstić information content (AvgIpc) is 2.42. The molecule has 0 aromatic heterocycles. The Morgan fingerprint density at radius 2 is 1.85 bits per heavy atom. The molecule has 0 amide bonds. The highest BCUT2D eigenvalue weighted by Crippen LogP contribution is 2.32. The Labute approximate surface area is 128 Å². The van der Waals surface area contributed by atoms with E-state index in [0.717, 1.165) is 23.2 Å². The van der Waals surface area contributed by atoms with Crippen molar-refractivity contribution in [3.63, 3.8) is 0 Å². The summed E-state index contributed by atoms with van der Waals surface area (Å²) < 4.78 is 13.6. The third kappa shape index (κ3) is 3.32. The van der Waals surface area contributed by atoms with Crippen LogP contribution in [0.15, 0.2) is 36.4 Å². The van der Waals surface area contributed by atoms with E-state index in [1.165, 1.54) is 6.07 Å². The molecule has 0 saturated heterocycles. The van der Waals surface area contributed by atoms with Crippen LogP contribution in [-0.4, -0.2) is 6.54 Å². The first-order chi connectivity index (χ1) is 9.52. The van der Waals surface area contributed by atoms with Crippen LogP contribution in [0.2, 0.25) is 10.0 Å². The van der Waals surface area contributed by atoms with Gasteiger partial charge in [-0.2, -0.15) is 0 Å². The fourth-order valence-electron chi connectivity index (χ4n) is 2.25. The number of benzene rings is 2. The summed E-state index contributed by atoms with van der Waals surface area (Å²) in [5.41, 5.74) is 2.74. The van der Waals surface area contributed by atoms with Gasteiger partial charge in [0.1, 0.15) is 5.82 Å². The summed E-state index contributed by atoms with van der Waals surface area (Å²) in [6.45, 7) is 4.70. The second-order valence-corrected chi connectivity index (χ2v) is 5.50. The third-order valence-electron chi connectivity index (χ3n) is 3.23. The van der Waals surface area contributed by atoms with E-state index in [0.29, 0.717) is 10.0 Å². The Hall–Kier alpha value is -1.09. The number of nitrogens with one attached hydrogen (secondary N) is 1. The highest BCUT2D eigenvalue weighted by Gasteiger charge is 2.19. The largest absolute Gasteiger partial charge is 0.306 e. The van der Waals surface area contributed by atoms with E-state index in [2.05, 4.69) is 5.32 Å². The molecule has 2 aromatic rings. The SMILES string of the molecule is CCNC(c1cc(F)ccc1C)c1cc(Cl)ccc1Cl. The van der Waals surface area contributed by atoms with Gasteiger partial charge >= 0.3 is 0 Å². The molecule has 1 unspecified atom stereocenters. The number of hydrogen-bond acceptors (Lipinski definition) is 1. The molecular weight excluding hydrogens is 296 g/mol. The maximum atomic E-state index is 13.6. The van der Waals surface area contributed by atoms with Crippen LogP contribution < -0.4 is 5.32 Å². The van der Waals surface area contributed by atoms with Gasteiger partial charge < -0.3 is 5.32 Å². The third-order valence-corrected chi connectivity index (χ3v) is 3.81. The monoisotopic (exact) mass is 311 g/mol. The lowest BCUT2D eigenvalue weighted by atomic mass is 9.94. The zero-order valence-electron chi connectivity index (χ0n) is 11.4. The van der Waals surface area contributed by atoms with Gasteiger partial charge in [0.25, 0.3) is 0 Å². The van der Waals surface area contributed by atoms with Crippen molar-refractivity contribution in [3.05, 3.63) is 69.0 Å². The van der Waals surface area contributed by atoms with Gasteiger partial charge in [-0.15, -0.1) is 0 Å². The second-order valence-electron chi connectivity index (χ2n) is 4.66. The Morgan fingerprint density at radius 3 is 2.55 bits per heavy atom. The van der Waals surface area contributed by atoms with Gasteiger partial charge in [-0.05, 0) is 60.5 Å². The summed E-state index contributed by atoms with van der Waals surface area (Å²) in [6, 6.07) is 9.92. The van der Waals surface area contributed by atoms with Crippen LogP contribution in [-0.2, 0) is 0 Å². The van der Waals surface area contributed by atoms with Gasteiger partial charge in [-0.3, -0.25) is 0 Å². The van der Waals surface area contributed by atoms with Gasteiger partial charge in [0.05, 0.1) is 6.04 Å². The van der Waals surface area contributed by atoms with Crippen LogP contribution in [0, 0.1) is 12.7 Å². The van der Waals surface area contributed by atoms with Crippen LogP contribution in [0.25, 0.3) is 0 Å². The number of aryl methyl sites for hydroxylation is 1. The minimum atomic E-state index is -0.258. The summed E-state index contributed by atoms with van der Waals surface area (Å²) in [4.78, 5) is 0. The zero-order valence-corrected chi connectivity index (χ0v) is 12.9. The van der Waals surface area contributed by atoms with Crippen molar-refractivity contribution in [1.29, 1.82) is 0 Å². The first-order valence-corrected chi connectivity index (χ1v) is 7.23. The lowest BCUT2D eigenvalue weighted by Gasteiger charge is -2.22. The molecule has 0 heterocycles. The molecule has 0 aliphatic carbocycles. The van der Waals surface area contributed by atoms with Gasteiger partial charge in [0, 0.05) is 10.0 Å². The second kappa shape index (κ2) is 6.57. The summed E-state index contributed by atoms with van der Waals surface area (Å²) in [6.07, 6.45) is 0. The maximum Gasteiger partial charge on any atom is 0.123 e. The highest BCUT2D eigenvalue weighted by molar-refractivity contribution is 6.33.